The van der Waals surface area contributed by atoms with E-state index in [9.17, 15) is 9.59 Å². The summed E-state index contributed by atoms with van der Waals surface area (Å²) in [7, 11) is 0. The molecule has 0 radical (unpaired) electrons. The lowest BCUT2D eigenvalue weighted by Gasteiger charge is -2.43. The molecular formula is C41H38BrN5O2. The molecule has 0 bridgehead atoms. The molecule has 0 spiro atoms. The van der Waals surface area contributed by atoms with Gasteiger partial charge in [0.05, 0.1) is 16.5 Å². The molecule has 7 nitrogen and oxygen atoms in total. The number of rotatable bonds is 9. The van der Waals surface area contributed by atoms with Crippen molar-refractivity contribution in [2.45, 2.75) is 43.4 Å². The van der Waals surface area contributed by atoms with Crippen LogP contribution in [0.5, 0.6) is 0 Å². The minimum atomic E-state index is -0.835. The molecule has 4 aromatic carbocycles. The number of hydrogen-bond acceptors (Lipinski definition) is 4. The summed E-state index contributed by atoms with van der Waals surface area (Å²) in [6, 6.07) is 38.2. The molecule has 3 N–H and O–H groups in total. The van der Waals surface area contributed by atoms with E-state index < -0.39 is 34.5 Å². The fourth-order valence-electron chi connectivity index (χ4n) is 8.06. The van der Waals surface area contributed by atoms with Crippen LogP contribution in [0.1, 0.15) is 48.2 Å². The van der Waals surface area contributed by atoms with Crippen molar-refractivity contribution < 1.29 is 9.59 Å². The Kier molecular flexibility index (Phi) is 8.15. The number of nitrogens with two attached hydrogens (primary N) is 1. The summed E-state index contributed by atoms with van der Waals surface area (Å²) in [6.45, 7) is 8.34. The second-order valence-electron chi connectivity index (χ2n) is 13.3. The Morgan fingerprint density at radius 3 is 1.96 bits per heavy atom. The lowest BCUT2D eigenvalue weighted by atomic mass is 9.60. The lowest BCUT2D eigenvalue weighted by molar-refractivity contribution is -0.135. The Hall–Kier alpha value is -5.21. The highest BCUT2D eigenvalue weighted by molar-refractivity contribution is 9.12. The van der Waals surface area contributed by atoms with Gasteiger partial charge in [-0.3, -0.25) is 9.59 Å². The Labute approximate surface area is 295 Å². The number of likely N-dealkylation sites (tertiary alicyclic amines) is 1. The highest BCUT2D eigenvalue weighted by Crippen LogP contribution is 2.60. The van der Waals surface area contributed by atoms with Crippen LogP contribution in [0, 0.1) is 5.41 Å². The number of benzene rings is 4. The number of nitrogens with zero attached hydrogens (tertiary/aromatic N) is 3. The Morgan fingerprint density at radius 2 is 1.43 bits per heavy atom. The Bertz CT molecular complexity index is 1960. The third-order valence-corrected chi connectivity index (χ3v) is 11.1. The van der Waals surface area contributed by atoms with E-state index in [1.165, 1.54) is 0 Å². The van der Waals surface area contributed by atoms with E-state index in [-0.39, 0.29) is 10.4 Å². The smallest absolute Gasteiger partial charge is 0.263 e. The molecule has 5 aromatic rings. The van der Waals surface area contributed by atoms with Gasteiger partial charge in [0.25, 0.3) is 5.91 Å². The monoisotopic (exact) mass is 711 g/mol. The first-order valence-corrected chi connectivity index (χ1v) is 17.1. The summed E-state index contributed by atoms with van der Waals surface area (Å²) in [5.41, 5.74) is 9.90. The maximum Gasteiger partial charge on any atom is 0.263 e. The van der Waals surface area contributed by atoms with Gasteiger partial charge >= 0.3 is 0 Å². The number of amides is 2. The van der Waals surface area contributed by atoms with Gasteiger partial charge in [-0.2, -0.15) is 0 Å². The number of carbonyl (C=O) groups excluding carboxylic acids is 2. The summed E-state index contributed by atoms with van der Waals surface area (Å²) in [5.74, 6) is -0.907. The van der Waals surface area contributed by atoms with E-state index in [0.717, 1.165) is 27.9 Å². The molecule has 1 aromatic heterocycles. The van der Waals surface area contributed by atoms with Crippen molar-refractivity contribution >= 4 is 39.5 Å². The fourth-order valence-corrected chi connectivity index (χ4v) is 8.50. The van der Waals surface area contributed by atoms with Crippen molar-refractivity contribution in [1.82, 2.24) is 14.5 Å². The molecule has 7 rings (SSSR count). The number of nitrogens with one attached hydrogen (secondary N) is 1. The topological polar surface area (TPSA) is 93.3 Å². The van der Waals surface area contributed by atoms with Crippen LogP contribution in [-0.4, -0.2) is 38.5 Å². The SMILES string of the molecule is C=CC(C)(C)[C@@]12C[C@@H](C(N)=O)N(C(=O)/C(Br)=C\c3cn(C(c4ccccc4)(c4ccccc4)c4ccccc4)cn3)C1Nc1ccccc12. The van der Waals surface area contributed by atoms with Gasteiger partial charge in [-0.1, -0.05) is 129 Å². The quantitative estimate of drug-likeness (QED) is 0.0944. The lowest BCUT2D eigenvalue weighted by Crippen LogP contribution is -2.54. The zero-order valence-electron chi connectivity index (χ0n) is 27.5. The number of anilines is 1. The third-order valence-electron chi connectivity index (χ3n) is 10.6. The molecular weight excluding hydrogens is 674 g/mol. The average Bonchev–Trinajstić information content (AvgIpc) is 3.82. The number of carbonyl (C=O) groups is 2. The van der Waals surface area contributed by atoms with Crippen LogP contribution in [0.2, 0.25) is 0 Å². The van der Waals surface area contributed by atoms with E-state index in [0.29, 0.717) is 12.1 Å². The van der Waals surface area contributed by atoms with Gasteiger partial charge in [-0.05, 0) is 62.2 Å². The molecule has 2 amide bonds. The minimum absolute atomic E-state index is 0.263. The summed E-state index contributed by atoms with van der Waals surface area (Å²) in [4.78, 5) is 33.9. The van der Waals surface area contributed by atoms with Crippen LogP contribution in [0.4, 0.5) is 5.69 Å². The van der Waals surface area contributed by atoms with Crippen molar-refractivity contribution in [3.63, 3.8) is 0 Å². The van der Waals surface area contributed by atoms with Crippen LogP contribution in [-0.2, 0) is 20.5 Å². The predicted octanol–water partition coefficient (Wildman–Crippen LogP) is 7.45. The van der Waals surface area contributed by atoms with E-state index in [4.69, 9.17) is 10.7 Å². The van der Waals surface area contributed by atoms with Gasteiger partial charge in [0.15, 0.2) is 0 Å². The molecule has 3 atom stereocenters. The molecule has 1 unspecified atom stereocenters. The van der Waals surface area contributed by atoms with Crippen LogP contribution in [0.25, 0.3) is 6.08 Å². The van der Waals surface area contributed by atoms with Gasteiger partial charge in [0.1, 0.15) is 17.7 Å². The second-order valence-corrected chi connectivity index (χ2v) is 14.2. The van der Waals surface area contributed by atoms with E-state index in [1.54, 1.807) is 17.3 Å². The van der Waals surface area contributed by atoms with Gasteiger partial charge < -0.3 is 20.5 Å². The van der Waals surface area contributed by atoms with Crippen molar-refractivity contribution in [2.75, 3.05) is 5.32 Å². The summed E-state index contributed by atoms with van der Waals surface area (Å²) < 4.78 is 2.36. The van der Waals surface area contributed by atoms with Gasteiger partial charge in [0.2, 0.25) is 5.91 Å². The van der Waals surface area contributed by atoms with Crippen molar-refractivity contribution in [2.24, 2.45) is 11.1 Å². The molecule has 0 saturated carbocycles. The fraction of sp³-hybridized carbons (Fsp3) is 0.195. The second kappa shape index (κ2) is 12.3. The first-order valence-electron chi connectivity index (χ1n) is 16.3. The Morgan fingerprint density at radius 1 is 0.898 bits per heavy atom. The highest BCUT2D eigenvalue weighted by atomic mass is 79.9. The average molecular weight is 713 g/mol. The number of allylic oxidation sites excluding steroid dienone is 1. The highest BCUT2D eigenvalue weighted by Gasteiger charge is 2.65. The van der Waals surface area contributed by atoms with E-state index >= 15 is 0 Å². The number of aromatic nitrogens is 2. The summed E-state index contributed by atoms with van der Waals surface area (Å²) in [5, 5.41) is 3.57. The molecule has 2 aliphatic heterocycles. The summed E-state index contributed by atoms with van der Waals surface area (Å²) in [6.07, 6.45) is 7.22. The number of halogens is 1. The predicted molar refractivity (Wildman–Crippen MR) is 198 cm³/mol. The van der Waals surface area contributed by atoms with Crippen LogP contribution < -0.4 is 11.1 Å². The molecule has 0 aliphatic carbocycles. The van der Waals surface area contributed by atoms with Gasteiger partial charge in [0, 0.05) is 17.3 Å². The number of hydrogen-bond donors (Lipinski definition) is 2. The number of imidazole rings is 1. The van der Waals surface area contributed by atoms with Crippen LogP contribution in [0.15, 0.2) is 145 Å². The maximum atomic E-state index is 14.5. The largest absolute Gasteiger partial charge is 0.368 e. The minimum Gasteiger partial charge on any atom is -0.368 e. The molecule has 2 aliphatic rings. The Balaban J connectivity index is 1.32. The number of primary amides is 1. The zero-order valence-corrected chi connectivity index (χ0v) is 29.0. The number of para-hydroxylation sites is 1. The van der Waals surface area contributed by atoms with Crippen molar-refractivity contribution in [3.05, 3.63) is 173 Å². The van der Waals surface area contributed by atoms with Gasteiger partial charge in [-0.25, -0.2) is 4.98 Å². The molecule has 3 heterocycles. The van der Waals surface area contributed by atoms with E-state index in [2.05, 4.69) is 88.7 Å². The first-order chi connectivity index (χ1) is 23.6. The normalized spacial score (nSPS) is 20.3. The standard InChI is InChI=1S/C41H38BrN5O2/c1-4-39(2,3)40-25-35(36(43)48)47(38(40)45-34-23-15-14-22-32(34)40)37(49)33(42)24-31-26-46(27-44-31)41(28-16-8-5-9-17-28,29-18-10-6-11-19-29)30-20-12-7-13-21-30/h4-24,26-27,35,38,45H,1,25H2,2-3H3,(H2,43,48)/b33-24+/t35-,38?,40+/m0/s1. The molecule has 49 heavy (non-hydrogen) atoms. The van der Waals surface area contributed by atoms with Crippen molar-refractivity contribution in [3.8, 4) is 0 Å². The van der Waals surface area contributed by atoms with Crippen LogP contribution in [0.3, 0.4) is 0 Å². The molecule has 1 saturated heterocycles. The van der Waals surface area contributed by atoms with Gasteiger partial charge in [-0.15, -0.1) is 6.58 Å². The summed E-state index contributed by atoms with van der Waals surface area (Å²) >= 11 is 3.60. The molecule has 246 valence electrons. The van der Waals surface area contributed by atoms with E-state index in [1.807, 2.05) is 85.1 Å². The first kappa shape index (κ1) is 32.3. The molecule has 1 fully saturated rings. The van der Waals surface area contributed by atoms with Crippen LogP contribution >= 0.6 is 15.9 Å². The zero-order chi connectivity index (χ0) is 34.4. The third kappa shape index (κ3) is 4.96. The maximum absolute atomic E-state index is 14.5. The molecule has 8 heteroatoms. The number of fused-ring (bicyclic) bond motifs is 3. The van der Waals surface area contributed by atoms with Crippen molar-refractivity contribution in [1.29, 1.82) is 0 Å².